The molecule has 106 valence electrons. The average Bonchev–Trinajstić information content (AvgIpc) is 3.17. The normalized spacial score (nSPS) is 17.4. The third-order valence-electron chi connectivity index (χ3n) is 4.36. The van der Waals surface area contributed by atoms with Crippen LogP contribution in [0.15, 0.2) is 47.0 Å². The Labute approximate surface area is 123 Å². The van der Waals surface area contributed by atoms with Gasteiger partial charge < -0.3 is 10.3 Å². The fourth-order valence-electron chi connectivity index (χ4n) is 3.09. The van der Waals surface area contributed by atoms with Crippen molar-refractivity contribution in [1.82, 2.24) is 10.1 Å². The summed E-state index contributed by atoms with van der Waals surface area (Å²) in [5, 5.41) is 6.49. The Hall–Kier alpha value is -2.20. The second-order valence-corrected chi connectivity index (χ2v) is 5.85. The molecule has 2 N–H and O–H groups in total. The zero-order valence-corrected chi connectivity index (χ0v) is 11.7. The fraction of sp³-hybridized carbons (Fsp3) is 0.294. The molecule has 0 atom stereocenters. The molecule has 0 aliphatic heterocycles. The summed E-state index contributed by atoms with van der Waals surface area (Å²) in [5.74, 6) is 1.19. The summed E-state index contributed by atoms with van der Waals surface area (Å²) in [6, 6.07) is 14.4. The maximum atomic E-state index is 6.37. The van der Waals surface area contributed by atoms with Gasteiger partial charge in [0.15, 0.2) is 0 Å². The van der Waals surface area contributed by atoms with Crippen LogP contribution in [-0.4, -0.2) is 10.1 Å². The highest BCUT2D eigenvalue weighted by atomic mass is 16.5. The number of fused-ring (bicyclic) bond motifs is 1. The molecule has 21 heavy (non-hydrogen) atoms. The standard InChI is InChI=1S/C17H17N3O/c18-17(9-3-4-10-17)16-19-15(20-21-16)14-8-7-12-5-1-2-6-13(12)11-14/h1-2,5-8,11H,3-4,9-10,18H2. The Balaban J connectivity index is 1.73. The molecule has 0 spiro atoms. The van der Waals surface area contributed by atoms with Crippen LogP contribution in [0.1, 0.15) is 31.6 Å². The van der Waals surface area contributed by atoms with Crippen molar-refractivity contribution in [2.45, 2.75) is 31.2 Å². The van der Waals surface area contributed by atoms with Gasteiger partial charge in [0.1, 0.15) is 0 Å². The summed E-state index contributed by atoms with van der Waals surface area (Å²) >= 11 is 0. The Morgan fingerprint density at radius 1 is 1.00 bits per heavy atom. The molecule has 0 radical (unpaired) electrons. The molecule has 1 aliphatic rings. The lowest BCUT2D eigenvalue weighted by molar-refractivity contribution is 0.285. The molecule has 0 bridgehead atoms. The van der Waals surface area contributed by atoms with Crippen LogP contribution in [0.3, 0.4) is 0 Å². The van der Waals surface area contributed by atoms with E-state index in [1.165, 1.54) is 10.8 Å². The molecule has 1 aromatic heterocycles. The molecule has 3 aromatic rings. The fourth-order valence-corrected chi connectivity index (χ4v) is 3.09. The predicted molar refractivity (Wildman–Crippen MR) is 81.6 cm³/mol. The van der Waals surface area contributed by atoms with E-state index in [9.17, 15) is 0 Å². The van der Waals surface area contributed by atoms with Crippen LogP contribution >= 0.6 is 0 Å². The summed E-state index contributed by atoms with van der Waals surface area (Å²) < 4.78 is 5.43. The van der Waals surface area contributed by atoms with Crippen molar-refractivity contribution in [3.05, 3.63) is 48.4 Å². The minimum absolute atomic E-state index is 0.428. The molecule has 0 unspecified atom stereocenters. The monoisotopic (exact) mass is 279 g/mol. The second kappa shape index (κ2) is 4.67. The molecule has 1 saturated carbocycles. The van der Waals surface area contributed by atoms with E-state index in [4.69, 9.17) is 10.3 Å². The molecule has 4 heteroatoms. The van der Waals surface area contributed by atoms with Crippen LogP contribution in [0.5, 0.6) is 0 Å². The van der Waals surface area contributed by atoms with Gasteiger partial charge >= 0.3 is 0 Å². The van der Waals surface area contributed by atoms with Crippen molar-refractivity contribution in [2.75, 3.05) is 0 Å². The van der Waals surface area contributed by atoms with Crippen LogP contribution in [0.25, 0.3) is 22.2 Å². The van der Waals surface area contributed by atoms with E-state index < -0.39 is 5.54 Å². The van der Waals surface area contributed by atoms with Gasteiger partial charge in [-0.05, 0) is 29.7 Å². The zero-order valence-electron chi connectivity index (χ0n) is 11.7. The molecule has 4 rings (SSSR count). The van der Waals surface area contributed by atoms with Crippen LogP contribution in [0.4, 0.5) is 0 Å². The summed E-state index contributed by atoms with van der Waals surface area (Å²) in [4.78, 5) is 4.54. The van der Waals surface area contributed by atoms with Gasteiger partial charge in [0.25, 0.3) is 0 Å². The maximum absolute atomic E-state index is 6.37. The number of hydrogen-bond donors (Lipinski definition) is 1. The highest BCUT2D eigenvalue weighted by molar-refractivity contribution is 5.86. The number of benzene rings is 2. The average molecular weight is 279 g/mol. The van der Waals surface area contributed by atoms with Gasteiger partial charge in [-0.15, -0.1) is 0 Å². The summed E-state index contributed by atoms with van der Waals surface area (Å²) in [6.07, 6.45) is 4.10. The first kappa shape index (κ1) is 12.5. The Bertz CT molecular complexity index is 787. The molecule has 1 heterocycles. The number of nitrogens with two attached hydrogens (primary N) is 1. The number of rotatable bonds is 2. The second-order valence-electron chi connectivity index (χ2n) is 5.85. The highest BCUT2D eigenvalue weighted by Crippen LogP contribution is 2.36. The van der Waals surface area contributed by atoms with Crippen molar-refractivity contribution in [3.8, 4) is 11.4 Å². The first-order chi connectivity index (χ1) is 10.2. The number of nitrogens with zero attached hydrogens (tertiary/aromatic N) is 2. The van der Waals surface area contributed by atoms with E-state index in [0.717, 1.165) is 31.2 Å². The van der Waals surface area contributed by atoms with E-state index in [0.29, 0.717) is 11.7 Å². The zero-order chi connectivity index (χ0) is 14.3. The van der Waals surface area contributed by atoms with Crippen LogP contribution in [0.2, 0.25) is 0 Å². The van der Waals surface area contributed by atoms with Gasteiger partial charge in [-0.3, -0.25) is 0 Å². The molecule has 1 fully saturated rings. The first-order valence-electron chi connectivity index (χ1n) is 7.37. The van der Waals surface area contributed by atoms with Gasteiger partial charge in [-0.1, -0.05) is 54.4 Å². The summed E-state index contributed by atoms with van der Waals surface area (Å²) in [6.45, 7) is 0. The molecule has 2 aromatic carbocycles. The minimum atomic E-state index is -0.428. The van der Waals surface area contributed by atoms with Gasteiger partial charge in [-0.25, -0.2) is 0 Å². The van der Waals surface area contributed by atoms with Crippen molar-refractivity contribution in [1.29, 1.82) is 0 Å². The van der Waals surface area contributed by atoms with Crippen molar-refractivity contribution < 1.29 is 4.52 Å². The van der Waals surface area contributed by atoms with E-state index >= 15 is 0 Å². The van der Waals surface area contributed by atoms with Gasteiger partial charge in [0, 0.05) is 5.56 Å². The lowest BCUT2D eigenvalue weighted by Gasteiger charge is -2.17. The van der Waals surface area contributed by atoms with Crippen molar-refractivity contribution >= 4 is 10.8 Å². The minimum Gasteiger partial charge on any atom is -0.337 e. The van der Waals surface area contributed by atoms with Crippen LogP contribution in [0, 0.1) is 0 Å². The molecular weight excluding hydrogens is 262 g/mol. The molecule has 0 saturated heterocycles. The molecule has 0 amide bonds. The van der Waals surface area contributed by atoms with Crippen molar-refractivity contribution in [3.63, 3.8) is 0 Å². The Kier molecular flexibility index (Phi) is 2.79. The van der Waals surface area contributed by atoms with E-state index in [2.05, 4.69) is 34.4 Å². The Morgan fingerprint density at radius 3 is 2.57 bits per heavy atom. The highest BCUT2D eigenvalue weighted by Gasteiger charge is 2.36. The summed E-state index contributed by atoms with van der Waals surface area (Å²) in [5.41, 5.74) is 6.90. The lowest BCUT2D eigenvalue weighted by Crippen LogP contribution is -2.33. The topological polar surface area (TPSA) is 64.9 Å². The quantitative estimate of drug-likeness (QED) is 0.778. The van der Waals surface area contributed by atoms with E-state index in [1.807, 2.05) is 18.2 Å². The van der Waals surface area contributed by atoms with E-state index in [-0.39, 0.29) is 0 Å². The number of aromatic nitrogens is 2. The van der Waals surface area contributed by atoms with E-state index in [1.54, 1.807) is 0 Å². The third-order valence-corrected chi connectivity index (χ3v) is 4.36. The molecule has 1 aliphatic carbocycles. The molecule has 4 nitrogen and oxygen atoms in total. The first-order valence-corrected chi connectivity index (χ1v) is 7.37. The van der Waals surface area contributed by atoms with Gasteiger partial charge in [-0.2, -0.15) is 4.98 Å². The van der Waals surface area contributed by atoms with Crippen molar-refractivity contribution in [2.24, 2.45) is 5.73 Å². The Morgan fingerprint density at radius 2 is 1.76 bits per heavy atom. The largest absolute Gasteiger partial charge is 0.337 e. The lowest BCUT2D eigenvalue weighted by atomic mass is 9.99. The number of hydrogen-bond acceptors (Lipinski definition) is 4. The predicted octanol–water partition coefficient (Wildman–Crippen LogP) is 3.62. The van der Waals surface area contributed by atoms with Crippen LogP contribution < -0.4 is 5.73 Å². The smallest absolute Gasteiger partial charge is 0.247 e. The van der Waals surface area contributed by atoms with Gasteiger partial charge in [0.2, 0.25) is 11.7 Å². The van der Waals surface area contributed by atoms with Gasteiger partial charge in [0.05, 0.1) is 5.54 Å². The molecular formula is C17H17N3O. The van der Waals surface area contributed by atoms with Crippen LogP contribution in [-0.2, 0) is 5.54 Å². The SMILES string of the molecule is NC1(c2nc(-c3ccc4ccccc4c3)no2)CCCC1. The maximum Gasteiger partial charge on any atom is 0.247 e. The summed E-state index contributed by atoms with van der Waals surface area (Å²) in [7, 11) is 0. The third kappa shape index (κ3) is 2.12.